The van der Waals surface area contributed by atoms with Gasteiger partial charge in [-0.3, -0.25) is 9.59 Å². The molecular weight excluding hydrogens is 391 g/mol. The molecule has 2 aromatic carbocycles. The molecule has 2 unspecified atom stereocenters. The van der Waals surface area contributed by atoms with Gasteiger partial charge < -0.3 is 20.5 Å². The average Bonchev–Trinajstić information content (AvgIpc) is 2.68. The Labute approximate surface area is 199 Å². The molecule has 2 N–H and O–H groups in total. The van der Waals surface area contributed by atoms with E-state index in [-0.39, 0.29) is 72.1 Å². The van der Waals surface area contributed by atoms with Crippen molar-refractivity contribution < 1.29 is 49.0 Å². The van der Waals surface area contributed by atoms with Crippen LogP contribution in [0.15, 0.2) is 54.6 Å². The molecule has 6 nitrogen and oxygen atoms in total. The van der Waals surface area contributed by atoms with E-state index in [2.05, 4.69) is 10.6 Å². The number of rotatable bonds is 9. The van der Waals surface area contributed by atoms with Gasteiger partial charge in [0.1, 0.15) is 0 Å². The molecule has 0 radical (unpaired) electrons. The van der Waals surface area contributed by atoms with Crippen LogP contribution in [0, 0.1) is 11.8 Å². The van der Waals surface area contributed by atoms with Gasteiger partial charge in [0.05, 0.1) is 17.3 Å². The zero-order valence-corrected chi connectivity index (χ0v) is 20.0. The van der Waals surface area contributed by atoms with E-state index in [9.17, 15) is 19.5 Å². The van der Waals surface area contributed by atoms with Gasteiger partial charge in [-0.2, -0.15) is 0 Å². The Morgan fingerprint density at radius 3 is 2.10 bits per heavy atom. The number of aliphatic carboxylic acids is 1. The maximum absolute atomic E-state index is 12.8. The number of carbonyl (C=O) groups is 3. The molecule has 0 spiro atoms. The molecule has 0 heterocycles. The Morgan fingerprint density at radius 1 is 0.900 bits per heavy atom. The summed E-state index contributed by atoms with van der Waals surface area (Å²) in [5, 5.41) is 16.6. The molecule has 0 fully saturated rings. The summed E-state index contributed by atoms with van der Waals surface area (Å²) in [5.74, 6) is -2.12. The first-order valence-electron chi connectivity index (χ1n) is 9.72. The number of carboxylic acid groups (broad SMARTS) is 1. The number of hydrogen-bond acceptors (Lipinski definition) is 4. The predicted octanol–water partition coefficient (Wildman–Crippen LogP) is -0.0776. The maximum atomic E-state index is 12.8. The molecule has 2 aromatic rings. The van der Waals surface area contributed by atoms with Crippen molar-refractivity contribution in [2.45, 2.75) is 39.7 Å². The Morgan fingerprint density at radius 2 is 1.50 bits per heavy atom. The smallest absolute Gasteiger partial charge is 0.550 e. The summed E-state index contributed by atoms with van der Waals surface area (Å²) < 4.78 is 0. The summed E-state index contributed by atoms with van der Waals surface area (Å²) >= 11 is 0. The summed E-state index contributed by atoms with van der Waals surface area (Å²) in [7, 11) is 0. The van der Waals surface area contributed by atoms with E-state index in [1.807, 2.05) is 51.1 Å². The fraction of sp³-hybridized carbons (Fsp3) is 0.348. The SMILES string of the molecule is CC(NC(=O)c1ccccc1NC(=O)CC(CC(=O)[O-])C(C)C)c1ccccc1.[Na+]. The molecule has 154 valence electrons. The second-order valence-electron chi connectivity index (χ2n) is 7.48. The Balaban J connectivity index is 0.00000450. The minimum Gasteiger partial charge on any atom is -0.550 e. The number of hydrogen-bond donors (Lipinski definition) is 2. The molecule has 0 bridgehead atoms. The van der Waals surface area contributed by atoms with Crippen LogP contribution >= 0.6 is 0 Å². The van der Waals surface area contributed by atoms with Crippen molar-refractivity contribution >= 4 is 23.5 Å². The molecule has 0 saturated heterocycles. The molecule has 2 amide bonds. The number of anilines is 1. The zero-order valence-electron chi connectivity index (χ0n) is 18.0. The molecule has 2 atom stereocenters. The van der Waals surface area contributed by atoms with E-state index in [1.165, 1.54) is 0 Å². The molecule has 0 saturated carbocycles. The molecule has 7 heteroatoms. The Hall–Kier alpha value is -2.15. The topological polar surface area (TPSA) is 98.3 Å². The summed E-state index contributed by atoms with van der Waals surface area (Å²) in [6.07, 6.45) is -0.135. The second kappa shape index (κ2) is 12.5. The third kappa shape index (κ3) is 7.94. The molecule has 0 aliphatic heterocycles. The third-order valence-corrected chi connectivity index (χ3v) is 4.91. The fourth-order valence-electron chi connectivity index (χ4n) is 3.09. The van der Waals surface area contributed by atoms with Crippen molar-refractivity contribution in [2.75, 3.05) is 5.32 Å². The van der Waals surface area contributed by atoms with Crippen LogP contribution in [0.4, 0.5) is 5.69 Å². The first-order valence-corrected chi connectivity index (χ1v) is 9.72. The van der Waals surface area contributed by atoms with Gasteiger partial charge in [-0.25, -0.2) is 0 Å². The molecule has 0 aromatic heterocycles. The Kier molecular flexibility index (Phi) is 10.8. The Bertz CT molecular complexity index is 855. The van der Waals surface area contributed by atoms with Crippen molar-refractivity contribution in [1.82, 2.24) is 5.32 Å². The van der Waals surface area contributed by atoms with E-state index in [4.69, 9.17) is 0 Å². The largest absolute Gasteiger partial charge is 1.00 e. The second-order valence-corrected chi connectivity index (χ2v) is 7.48. The van der Waals surface area contributed by atoms with Crippen molar-refractivity contribution in [3.05, 3.63) is 65.7 Å². The van der Waals surface area contributed by atoms with E-state index in [0.29, 0.717) is 11.3 Å². The van der Waals surface area contributed by atoms with Crippen LogP contribution < -0.4 is 45.3 Å². The normalized spacial score (nSPS) is 12.4. The number of para-hydroxylation sites is 1. The van der Waals surface area contributed by atoms with E-state index >= 15 is 0 Å². The van der Waals surface area contributed by atoms with Crippen LogP contribution in [0.2, 0.25) is 0 Å². The quantitative estimate of drug-likeness (QED) is 0.557. The number of carbonyl (C=O) groups excluding carboxylic acids is 3. The van der Waals surface area contributed by atoms with Gasteiger partial charge in [-0.05, 0) is 42.9 Å². The minimum atomic E-state index is -1.17. The molecule has 0 aliphatic rings. The van der Waals surface area contributed by atoms with Crippen molar-refractivity contribution in [3.8, 4) is 0 Å². The van der Waals surface area contributed by atoms with Crippen molar-refractivity contribution in [1.29, 1.82) is 0 Å². The van der Waals surface area contributed by atoms with Crippen LogP contribution in [0.25, 0.3) is 0 Å². The molecule has 30 heavy (non-hydrogen) atoms. The molecular formula is C23H27N2NaO4. The van der Waals surface area contributed by atoms with Crippen LogP contribution in [0.5, 0.6) is 0 Å². The monoisotopic (exact) mass is 418 g/mol. The van der Waals surface area contributed by atoms with Gasteiger partial charge in [0.15, 0.2) is 0 Å². The maximum Gasteiger partial charge on any atom is 1.00 e. The van der Waals surface area contributed by atoms with Gasteiger partial charge in [-0.1, -0.05) is 56.3 Å². The van der Waals surface area contributed by atoms with Gasteiger partial charge in [0.25, 0.3) is 5.91 Å². The predicted molar refractivity (Wildman–Crippen MR) is 110 cm³/mol. The molecule has 0 aliphatic carbocycles. The standard InChI is InChI=1S/C23H28N2O4.Na/c1-15(2)18(14-22(27)28)13-21(26)25-20-12-8-7-11-19(20)23(29)24-16(3)17-9-5-4-6-10-17;/h4-12,15-16,18H,13-14H2,1-3H3,(H,24,29)(H,25,26)(H,27,28);/q;+1/p-1. The number of carboxylic acids is 1. The van der Waals surface area contributed by atoms with Gasteiger partial charge in [0, 0.05) is 12.4 Å². The first kappa shape index (κ1) is 25.9. The van der Waals surface area contributed by atoms with E-state index < -0.39 is 5.97 Å². The number of nitrogens with one attached hydrogen (secondary N) is 2. The van der Waals surface area contributed by atoms with Gasteiger partial charge in [0.2, 0.25) is 5.91 Å². The van der Waals surface area contributed by atoms with Gasteiger partial charge in [-0.15, -0.1) is 0 Å². The van der Waals surface area contributed by atoms with Crippen molar-refractivity contribution in [2.24, 2.45) is 11.8 Å². The summed E-state index contributed by atoms with van der Waals surface area (Å²) in [5.41, 5.74) is 1.72. The first-order chi connectivity index (χ1) is 13.8. The third-order valence-electron chi connectivity index (χ3n) is 4.91. The zero-order chi connectivity index (χ0) is 21.4. The van der Waals surface area contributed by atoms with Crippen LogP contribution in [0.1, 0.15) is 55.6 Å². The van der Waals surface area contributed by atoms with E-state index in [0.717, 1.165) is 5.56 Å². The number of amides is 2. The van der Waals surface area contributed by atoms with Crippen molar-refractivity contribution in [3.63, 3.8) is 0 Å². The minimum absolute atomic E-state index is 0. The van der Waals surface area contributed by atoms with Crippen LogP contribution in [-0.2, 0) is 9.59 Å². The van der Waals surface area contributed by atoms with Crippen LogP contribution in [0.3, 0.4) is 0 Å². The van der Waals surface area contributed by atoms with Crippen LogP contribution in [-0.4, -0.2) is 17.8 Å². The summed E-state index contributed by atoms with van der Waals surface area (Å²) in [4.78, 5) is 36.2. The summed E-state index contributed by atoms with van der Waals surface area (Å²) in [6, 6.07) is 16.2. The van der Waals surface area contributed by atoms with Gasteiger partial charge >= 0.3 is 29.6 Å². The van der Waals surface area contributed by atoms with E-state index in [1.54, 1.807) is 24.3 Å². The average molecular weight is 418 g/mol. The molecule has 2 rings (SSSR count). The summed E-state index contributed by atoms with van der Waals surface area (Å²) in [6.45, 7) is 5.63. The number of benzene rings is 2. The fourth-order valence-corrected chi connectivity index (χ4v) is 3.09.